The van der Waals surface area contributed by atoms with Crippen LogP contribution in [0.15, 0.2) is 9.21 Å². The van der Waals surface area contributed by atoms with Gasteiger partial charge in [-0.2, -0.15) is 0 Å². The molecule has 2 heterocycles. The van der Waals surface area contributed by atoms with E-state index in [-0.39, 0.29) is 31.2 Å². The zero-order valence-corrected chi connectivity index (χ0v) is 9.08. The van der Waals surface area contributed by atoms with Gasteiger partial charge in [-0.1, -0.05) is 0 Å². The molecule has 0 saturated heterocycles. The number of ketones is 2. The van der Waals surface area contributed by atoms with E-state index in [1.807, 2.05) is 0 Å². The maximum Gasteiger partial charge on any atom is 0.416 e. The van der Waals surface area contributed by atoms with Crippen LogP contribution in [0.3, 0.4) is 0 Å². The molecule has 1 aliphatic carbocycles. The standard InChI is InChI=1S/C11H11NO5/c13-6-1-2-11(8(14)3-6)5-16-4-7-9(11)17-10(15)12-7/h1-5H2,(H,12,15). The fourth-order valence-corrected chi connectivity index (χ4v) is 2.56. The molecular formula is C11H11NO5. The van der Waals surface area contributed by atoms with Gasteiger partial charge in [0.2, 0.25) is 0 Å². The Morgan fingerprint density at radius 3 is 2.82 bits per heavy atom. The minimum Gasteiger partial charge on any atom is -0.411 e. The Labute approximate surface area is 96.0 Å². The summed E-state index contributed by atoms with van der Waals surface area (Å²) in [5.74, 6) is -0.487. The van der Waals surface area contributed by atoms with Crippen molar-refractivity contribution in [2.45, 2.75) is 31.3 Å². The SMILES string of the molecule is O=C1CCC2(COCc3[nH]c(=O)oc32)C(=O)C1. The number of H-pyrrole nitrogens is 1. The highest BCUT2D eigenvalue weighted by molar-refractivity contribution is 6.06. The third-order valence-electron chi connectivity index (χ3n) is 3.47. The molecule has 0 aromatic carbocycles. The van der Waals surface area contributed by atoms with Crippen LogP contribution < -0.4 is 5.76 Å². The van der Waals surface area contributed by atoms with E-state index in [1.165, 1.54) is 0 Å². The monoisotopic (exact) mass is 237 g/mol. The molecule has 6 nitrogen and oxygen atoms in total. The minimum absolute atomic E-state index is 0.0642. The minimum atomic E-state index is -0.930. The summed E-state index contributed by atoms with van der Waals surface area (Å²) in [6.07, 6.45) is 0.583. The highest BCUT2D eigenvalue weighted by Crippen LogP contribution is 2.39. The van der Waals surface area contributed by atoms with Crippen molar-refractivity contribution in [2.24, 2.45) is 0 Å². The first-order chi connectivity index (χ1) is 8.12. The van der Waals surface area contributed by atoms with Gasteiger partial charge in [-0.3, -0.25) is 14.6 Å². The lowest BCUT2D eigenvalue weighted by molar-refractivity contribution is -0.138. The van der Waals surface area contributed by atoms with Crippen LogP contribution in [0.4, 0.5) is 0 Å². The maximum absolute atomic E-state index is 12.1. The van der Waals surface area contributed by atoms with Gasteiger partial charge in [-0.25, -0.2) is 4.79 Å². The second-order valence-corrected chi connectivity index (χ2v) is 4.54. The van der Waals surface area contributed by atoms with E-state index in [9.17, 15) is 14.4 Å². The Morgan fingerprint density at radius 1 is 1.24 bits per heavy atom. The molecule has 17 heavy (non-hydrogen) atoms. The summed E-state index contributed by atoms with van der Waals surface area (Å²) in [6, 6.07) is 0. The third kappa shape index (κ3) is 1.40. The topological polar surface area (TPSA) is 89.4 Å². The second-order valence-electron chi connectivity index (χ2n) is 4.54. The van der Waals surface area contributed by atoms with Crippen molar-refractivity contribution in [3.8, 4) is 0 Å². The number of ether oxygens (including phenoxy) is 1. The molecule has 1 N–H and O–H groups in total. The van der Waals surface area contributed by atoms with Crippen LogP contribution in [0.5, 0.6) is 0 Å². The molecule has 2 aliphatic rings. The van der Waals surface area contributed by atoms with Crippen LogP contribution in [0.2, 0.25) is 0 Å². The highest BCUT2D eigenvalue weighted by atomic mass is 16.5. The highest BCUT2D eigenvalue weighted by Gasteiger charge is 2.50. The molecule has 0 bridgehead atoms. The van der Waals surface area contributed by atoms with Crippen molar-refractivity contribution in [2.75, 3.05) is 6.61 Å². The largest absolute Gasteiger partial charge is 0.416 e. The molecule has 1 saturated carbocycles. The Morgan fingerprint density at radius 2 is 2.06 bits per heavy atom. The van der Waals surface area contributed by atoms with Crippen molar-refractivity contribution in [1.82, 2.24) is 4.98 Å². The summed E-state index contributed by atoms with van der Waals surface area (Å²) in [5, 5.41) is 0. The van der Waals surface area contributed by atoms with Crippen LogP contribution in [0, 0.1) is 0 Å². The van der Waals surface area contributed by atoms with Gasteiger partial charge in [0.05, 0.1) is 25.3 Å². The first-order valence-corrected chi connectivity index (χ1v) is 5.47. The lowest BCUT2D eigenvalue weighted by atomic mass is 9.70. The summed E-state index contributed by atoms with van der Waals surface area (Å²) < 4.78 is 10.4. The molecule has 1 aromatic rings. The summed E-state index contributed by atoms with van der Waals surface area (Å²) in [7, 11) is 0. The van der Waals surface area contributed by atoms with Gasteiger partial charge in [0.1, 0.15) is 17.0 Å². The van der Waals surface area contributed by atoms with Gasteiger partial charge in [-0.15, -0.1) is 0 Å². The molecule has 1 aliphatic heterocycles. The predicted molar refractivity (Wildman–Crippen MR) is 54.5 cm³/mol. The molecule has 3 rings (SSSR count). The van der Waals surface area contributed by atoms with Crippen molar-refractivity contribution in [3.63, 3.8) is 0 Å². The first kappa shape index (κ1) is 10.5. The van der Waals surface area contributed by atoms with E-state index < -0.39 is 11.2 Å². The average Bonchev–Trinajstić information content (AvgIpc) is 2.66. The summed E-state index contributed by atoms with van der Waals surface area (Å²) in [4.78, 5) is 37.0. The Bertz CT molecular complexity index is 554. The molecule has 1 fully saturated rings. The molecule has 6 heteroatoms. The van der Waals surface area contributed by atoms with Gasteiger partial charge in [0, 0.05) is 6.42 Å². The summed E-state index contributed by atoms with van der Waals surface area (Å²) in [6.45, 7) is 0.428. The summed E-state index contributed by atoms with van der Waals surface area (Å²) in [5.41, 5.74) is -0.412. The van der Waals surface area contributed by atoms with Crippen molar-refractivity contribution in [1.29, 1.82) is 0 Å². The molecule has 1 atom stereocenters. The fraction of sp³-hybridized carbons (Fsp3) is 0.545. The number of fused-ring (bicyclic) bond motifs is 2. The number of rotatable bonds is 0. The zero-order chi connectivity index (χ0) is 12.0. The van der Waals surface area contributed by atoms with Crippen molar-refractivity contribution in [3.05, 3.63) is 22.0 Å². The molecule has 90 valence electrons. The third-order valence-corrected chi connectivity index (χ3v) is 3.47. The van der Waals surface area contributed by atoms with Crippen LogP contribution in [0.1, 0.15) is 30.7 Å². The predicted octanol–water partition coefficient (Wildman–Crippen LogP) is 0.0580. The van der Waals surface area contributed by atoms with Crippen LogP contribution in [0.25, 0.3) is 0 Å². The molecule has 0 amide bonds. The second kappa shape index (κ2) is 3.40. The van der Waals surface area contributed by atoms with E-state index in [4.69, 9.17) is 9.15 Å². The van der Waals surface area contributed by atoms with E-state index >= 15 is 0 Å². The number of aromatic amines is 1. The number of aromatic nitrogens is 1. The number of Topliss-reactive ketones (excluding diaryl/α,β-unsaturated/α-hetero) is 2. The van der Waals surface area contributed by atoms with E-state index in [0.717, 1.165) is 0 Å². The van der Waals surface area contributed by atoms with E-state index in [0.29, 0.717) is 24.3 Å². The Balaban J connectivity index is 2.12. The molecule has 0 radical (unpaired) electrons. The number of nitrogens with one attached hydrogen (secondary N) is 1. The molecule has 1 unspecified atom stereocenters. The van der Waals surface area contributed by atoms with E-state index in [1.54, 1.807) is 0 Å². The van der Waals surface area contributed by atoms with Crippen molar-refractivity contribution < 1.29 is 18.7 Å². The van der Waals surface area contributed by atoms with E-state index in [2.05, 4.69) is 4.98 Å². The van der Waals surface area contributed by atoms with Gasteiger partial charge in [0.25, 0.3) is 0 Å². The van der Waals surface area contributed by atoms with Gasteiger partial charge >= 0.3 is 5.76 Å². The van der Waals surface area contributed by atoms with Crippen LogP contribution in [-0.4, -0.2) is 23.2 Å². The smallest absolute Gasteiger partial charge is 0.411 e. The normalized spacial score (nSPS) is 28.5. The first-order valence-electron chi connectivity index (χ1n) is 5.47. The quantitative estimate of drug-likeness (QED) is 0.644. The Kier molecular flexibility index (Phi) is 2.09. The Hall–Kier alpha value is -1.69. The zero-order valence-electron chi connectivity index (χ0n) is 9.08. The number of hydrogen-bond donors (Lipinski definition) is 1. The number of oxazole rings is 1. The number of carbonyl (C=O) groups excluding carboxylic acids is 2. The van der Waals surface area contributed by atoms with Crippen LogP contribution >= 0.6 is 0 Å². The lowest BCUT2D eigenvalue weighted by Crippen LogP contribution is -2.47. The molecule has 1 spiro atoms. The van der Waals surface area contributed by atoms with Crippen molar-refractivity contribution >= 4 is 11.6 Å². The van der Waals surface area contributed by atoms with Gasteiger partial charge in [0.15, 0.2) is 5.78 Å². The lowest BCUT2D eigenvalue weighted by Gasteiger charge is -2.35. The number of carbonyl (C=O) groups is 2. The number of hydrogen-bond acceptors (Lipinski definition) is 5. The average molecular weight is 237 g/mol. The maximum atomic E-state index is 12.1. The molecule has 1 aromatic heterocycles. The van der Waals surface area contributed by atoms with Crippen LogP contribution in [-0.2, 0) is 26.3 Å². The molecular weight excluding hydrogens is 226 g/mol. The van der Waals surface area contributed by atoms with Gasteiger partial charge in [-0.05, 0) is 6.42 Å². The van der Waals surface area contributed by atoms with Gasteiger partial charge < -0.3 is 9.15 Å². The fourth-order valence-electron chi connectivity index (χ4n) is 2.56. The summed E-state index contributed by atoms with van der Waals surface area (Å²) >= 11 is 0.